The number of aryl methyl sites for hydroxylation is 1. The minimum Gasteiger partial charge on any atom is -0.375 e. The maximum Gasteiger partial charge on any atom is 0.253 e. The van der Waals surface area contributed by atoms with Crippen molar-refractivity contribution in [2.45, 2.75) is 26.2 Å². The predicted octanol–water partition coefficient (Wildman–Crippen LogP) is 2.74. The molecule has 0 aliphatic carbocycles. The van der Waals surface area contributed by atoms with Crippen LogP contribution in [0, 0.1) is 12.3 Å². The molecule has 2 aromatic rings. The van der Waals surface area contributed by atoms with E-state index in [0.717, 1.165) is 53.9 Å². The van der Waals surface area contributed by atoms with Gasteiger partial charge in [0.05, 0.1) is 10.2 Å². The molecule has 2 saturated heterocycles. The third kappa shape index (κ3) is 2.67. The molecule has 0 atom stereocenters. The first-order chi connectivity index (χ1) is 11.5. The lowest BCUT2D eigenvalue weighted by Crippen LogP contribution is -2.40. The Morgan fingerprint density at radius 1 is 1.25 bits per heavy atom. The fourth-order valence-corrected chi connectivity index (χ4v) is 4.98. The maximum atomic E-state index is 13.0. The Labute approximate surface area is 146 Å². The lowest BCUT2D eigenvalue weighted by atomic mass is 9.78. The number of hydrogen-bond donors (Lipinski definition) is 1. The first-order valence-electron chi connectivity index (χ1n) is 8.60. The molecule has 4 rings (SSSR count). The van der Waals surface area contributed by atoms with E-state index >= 15 is 0 Å². The zero-order valence-electron chi connectivity index (χ0n) is 14.3. The van der Waals surface area contributed by atoms with Crippen LogP contribution in [0.1, 0.15) is 35.2 Å². The van der Waals surface area contributed by atoms with Crippen molar-refractivity contribution in [3.8, 4) is 0 Å². The molecule has 128 valence electrons. The number of thiazole rings is 1. The highest BCUT2D eigenvalue weighted by Gasteiger charge is 2.41. The van der Waals surface area contributed by atoms with E-state index in [-0.39, 0.29) is 5.91 Å². The molecule has 6 heteroatoms. The molecule has 1 aromatic heterocycles. The largest absolute Gasteiger partial charge is 0.375 e. The molecule has 24 heavy (non-hydrogen) atoms. The molecule has 1 spiro atoms. The Bertz CT molecular complexity index is 792. The molecule has 2 N–H and O–H groups in total. The lowest BCUT2D eigenvalue weighted by Gasteiger charge is -2.37. The molecule has 1 amide bonds. The summed E-state index contributed by atoms with van der Waals surface area (Å²) in [6.07, 6.45) is 3.55. The van der Waals surface area contributed by atoms with Gasteiger partial charge in [0.15, 0.2) is 5.13 Å². The van der Waals surface area contributed by atoms with Gasteiger partial charge in [-0.15, -0.1) is 0 Å². The van der Waals surface area contributed by atoms with E-state index < -0.39 is 0 Å². The van der Waals surface area contributed by atoms with Crippen LogP contribution in [0.3, 0.4) is 0 Å². The number of nitrogen functional groups attached to an aromatic ring is 1. The molecule has 2 fully saturated rings. The van der Waals surface area contributed by atoms with E-state index in [1.165, 1.54) is 24.2 Å². The Balaban J connectivity index is 1.56. The van der Waals surface area contributed by atoms with Crippen molar-refractivity contribution >= 4 is 32.6 Å². The number of benzene rings is 1. The van der Waals surface area contributed by atoms with E-state index in [4.69, 9.17) is 5.73 Å². The zero-order valence-corrected chi connectivity index (χ0v) is 15.2. The minimum atomic E-state index is 0.155. The second-order valence-corrected chi connectivity index (χ2v) is 8.53. The number of piperidine rings is 1. The number of fused-ring (bicyclic) bond motifs is 1. The van der Waals surface area contributed by atoms with Gasteiger partial charge in [-0.05, 0) is 69.4 Å². The molecule has 1 aromatic carbocycles. The van der Waals surface area contributed by atoms with Crippen molar-refractivity contribution in [2.24, 2.45) is 5.41 Å². The van der Waals surface area contributed by atoms with E-state index in [1.807, 2.05) is 19.1 Å². The number of nitrogens with zero attached hydrogens (tertiary/aromatic N) is 3. The predicted molar refractivity (Wildman–Crippen MR) is 98.5 cm³/mol. The number of hydrogen-bond acceptors (Lipinski definition) is 5. The summed E-state index contributed by atoms with van der Waals surface area (Å²) in [4.78, 5) is 21.8. The molecule has 2 aliphatic rings. The fraction of sp³-hybridized carbons (Fsp3) is 0.556. The summed E-state index contributed by atoms with van der Waals surface area (Å²) < 4.78 is 1.00. The number of likely N-dealkylation sites (tertiary alicyclic amines) is 2. The molecule has 0 bridgehead atoms. The summed E-state index contributed by atoms with van der Waals surface area (Å²) >= 11 is 1.45. The number of nitrogens with two attached hydrogens (primary N) is 1. The number of anilines is 1. The highest BCUT2D eigenvalue weighted by atomic mass is 32.1. The number of aromatic nitrogens is 1. The van der Waals surface area contributed by atoms with Gasteiger partial charge in [-0.3, -0.25) is 4.79 Å². The summed E-state index contributed by atoms with van der Waals surface area (Å²) in [5, 5.41) is 0.559. The van der Waals surface area contributed by atoms with Crippen molar-refractivity contribution in [1.29, 1.82) is 0 Å². The monoisotopic (exact) mass is 344 g/mol. The van der Waals surface area contributed by atoms with Crippen LogP contribution in [0.25, 0.3) is 10.2 Å². The number of carbonyl (C=O) groups excluding carboxylic acids is 1. The van der Waals surface area contributed by atoms with Crippen LogP contribution in [0.2, 0.25) is 0 Å². The third-order valence-corrected chi connectivity index (χ3v) is 6.55. The Hall–Kier alpha value is -1.66. The van der Waals surface area contributed by atoms with Gasteiger partial charge in [0.2, 0.25) is 0 Å². The van der Waals surface area contributed by atoms with Crippen LogP contribution in [0.5, 0.6) is 0 Å². The zero-order chi connectivity index (χ0) is 16.9. The molecule has 2 aliphatic heterocycles. The summed E-state index contributed by atoms with van der Waals surface area (Å²) in [6, 6.07) is 3.92. The van der Waals surface area contributed by atoms with Crippen LogP contribution >= 0.6 is 11.3 Å². The number of carbonyl (C=O) groups is 1. The number of rotatable bonds is 1. The first kappa shape index (κ1) is 15.8. The Morgan fingerprint density at radius 2 is 1.96 bits per heavy atom. The van der Waals surface area contributed by atoms with Gasteiger partial charge >= 0.3 is 0 Å². The fourth-order valence-electron chi connectivity index (χ4n) is 4.13. The van der Waals surface area contributed by atoms with Crippen molar-refractivity contribution in [3.63, 3.8) is 0 Å². The Kier molecular flexibility index (Phi) is 3.77. The lowest BCUT2D eigenvalue weighted by molar-refractivity contribution is 0.0736. The van der Waals surface area contributed by atoms with Gasteiger partial charge in [-0.1, -0.05) is 11.3 Å². The molecule has 0 radical (unpaired) electrons. The van der Waals surface area contributed by atoms with Gasteiger partial charge in [-0.2, -0.15) is 0 Å². The van der Waals surface area contributed by atoms with E-state index in [1.54, 1.807) is 0 Å². The quantitative estimate of drug-likeness (QED) is 0.864. The summed E-state index contributed by atoms with van der Waals surface area (Å²) in [5.41, 5.74) is 8.88. The molecule has 0 saturated carbocycles. The van der Waals surface area contributed by atoms with Gasteiger partial charge in [0, 0.05) is 18.7 Å². The van der Waals surface area contributed by atoms with Crippen LogP contribution in [0.15, 0.2) is 12.1 Å². The van der Waals surface area contributed by atoms with Gasteiger partial charge in [0.25, 0.3) is 5.91 Å². The molecule has 0 unspecified atom stereocenters. The molecule has 3 heterocycles. The van der Waals surface area contributed by atoms with Crippen LogP contribution in [0.4, 0.5) is 5.13 Å². The summed E-state index contributed by atoms with van der Waals surface area (Å²) in [6.45, 7) is 6.08. The average molecular weight is 344 g/mol. The van der Waals surface area contributed by atoms with Crippen molar-refractivity contribution < 1.29 is 4.79 Å². The number of amides is 1. The molecular weight excluding hydrogens is 320 g/mol. The van der Waals surface area contributed by atoms with E-state index in [0.29, 0.717) is 10.5 Å². The second kappa shape index (κ2) is 5.70. The van der Waals surface area contributed by atoms with E-state index in [9.17, 15) is 4.79 Å². The van der Waals surface area contributed by atoms with Crippen molar-refractivity contribution in [3.05, 3.63) is 23.3 Å². The maximum absolute atomic E-state index is 13.0. The van der Waals surface area contributed by atoms with Gasteiger partial charge in [0.1, 0.15) is 0 Å². The first-order valence-corrected chi connectivity index (χ1v) is 9.42. The Morgan fingerprint density at radius 3 is 2.71 bits per heavy atom. The highest BCUT2D eigenvalue weighted by molar-refractivity contribution is 7.22. The van der Waals surface area contributed by atoms with Gasteiger partial charge < -0.3 is 15.5 Å². The average Bonchev–Trinajstić information content (AvgIpc) is 3.14. The smallest absolute Gasteiger partial charge is 0.253 e. The molecule has 5 nitrogen and oxygen atoms in total. The van der Waals surface area contributed by atoms with Crippen molar-refractivity contribution in [1.82, 2.24) is 14.8 Å². The normalized spacial score (nSPS) is 21.0. The molecular formula is C18H24N4OS. The third-order valence-electron chi connectivity index (χ3n) is 5.72. The van der Waals surface area contributed by atoms with Crippen LogP contribution in [-0.2, 0) is 0 Å². The summed E-state index contributed by atoms with van der Waals surface area (Å²) in [7, 11) is 2.18. The van der Waals surface area contributed by atoms with Crippen LogP contribution in [-0.4, -0.2) is 53.9 Å². The van der Waals surface area contributed by atoms with E-state index in [2.05, 4.69) is 21.8 Å². The minimum absolute atomic E-state index is 0.155. The van der Waals surface area contributed by atoms with Crippen LogP contribution < -0.4 is 5.73 Å². The SMILES string of the molecule is Cc1cc(C(=O)N2CCC3(CCN(C)CC3)C2)cc2sc(N)nc12. The van der Waals surface area contributed by atoms with Gasteiger partial charge in [-0.25, -0.2) is 4.98 Å². The standard InChI is InChI=1S/C18H24N4OS/c1-12-9-13(10-14-15(12)20-17(19)24-14)16(23)22-8-5-18(11-22)3-6-21(2)7-4-18/h9-10H,3-8,11H2,1-2H3,(H2,19,20). The summed E-state index contributed by atoms with van der Waals surface area (Å²) in [5.74, 6) is 0.155. The second-order valence-electron chi connectivity index (χ2n) is 7.47. The van der Waals surface area contributed by atoms with Crippen molar-refractivity contribution in [2.75, 3.05) is 39.0 Å². The highest BCUT2D eigenvalue weighted by Crippen LogP contribution is 2.40. The topological polar surface area (TPSA) is 62.5 Å².